The lowest BCUT2D eigenvalue weighted by molar-refractivity contribution is 0.0645. The van der Waals surface area contributed by atoms with Crippen LogP contribution in [-0.2, 0) is 4.74 Å². The van der Waals surface area contributed by atoms with Crippen molar-refractivity contribution in [2.24, 2.45) is 9.98 Å². The van der Waals surface area contributed by atoms with E-state index in [0.717, 1.165) is 80.5 Å². The third kappa shape index (κ3) is 4.82. The zero-order valence-corrected chi connectivity index (χ0v) is 20.8. The zero-order valence-electron chi connectivity index (χ0n) is 20.8. The summed E-state index contributed by atoms with van der Waals surface area (Å²) < 4.78 is 6.46. The Morgan fingerprint density at radius 1 is 0.889 bits per heavy atom. The number of nitrogens with zero attached hydrogens (tertiary/aromatic N) is 5. The first-order valence-electron chi connectivity index (χ1n) is 12.8. The molecule has 0 spiro atoms. The average molecular weight is 491 g/mol. The number of nitrogens with one attached hydrogen (secondary N) is 2. The van der Waals surface area contributed by atoms with Gasteiger partial charge in [0, 0.05) is 51.4 Å². The molecule has 9 nitrogen and oxygen atoms in total. The Kier molecular flexibility index (Phi) is 7.50. The molecule has 0 aromatic heterocycles. The van der Waals surface area contributed by atoms with Crippen LogP contribution in [0.2, 0.25) is 0 Å². The molecule has 3 fully saturated rings. The molecular weight excluding hydrogens is 454 g/mol. The number of benzene rings is 2. The molecule has 0 saturated carbocycles. The number of β-amino-alcohol motifs (C(OH)–C–C–N with tert-alkyl or cyclic N) is 1. The predicted octanol–water partition coefficient (Wildman–Crippen LogP) is 2.32. The molecule has 3 heterocycles. The van der Waals surface area contributed by atoms with E-state index in [4.69, 9.17) is 14.7 Å². The fourth-order valence-electron chi connectivity index (χ4n) is 5.27. The van der Waals surface area contributed by atoms with Crippen molar-refractivity contribution in [3.8, 4) is 0 Å². The Hall–Kier alpha value is -3.40. The molecule has 0 radical (unpaired) electrons. The number of guanidine groups is 2. The number of morpholine rings is 1. The number of aliphatic hydroxyl groups is 1. The van der Waals surface area contributed by atoms with E-state index in [1.165, 1.54) is 0 Å². The van der Waals surface area contributed by atoms with Crippen LogP contribution in [0.5, 0.6) is 0 Å². The fourth-order valence-corrected chi connectivity index (χ4v) is 5.27. The Labute approximate surface area is 213 Å². The number of ether oxygens (including phenoxy) is 1. The van der Waals surface area contributed by atoms with Crippen LogP contribution in [0.4, 0.5) is 22.7 Å². The van der Waals surface area contributed by atoms with Crippen LogP contribution < -0.4 is 15.1 Å². The van der Waals surface area contributed by atoms with Gasteiger partial charge in [0.15, 0.2) is 23.3 Å². The molecular formula is C27H36N7O2+. The van der Waals surface area contributed by atoms with E-state index in [9.17, 15) is 5.11 Å². The number of quaternary nitrogens is 1. The summed E-state index contributed by atoms with van der Waals surface area (Å²) in [5.41, 5.74) is 4.13. The van der Waals surface area contributed by atoms with Crippen molar-refractivity contribution in [3.05, 3.63) is 61.2 Å². The van der Waals surface area contributed by atoms with E-state index in [1.807, 2.05) is 18.2 Å². The van der Waals surface area contributed by atoms with Crippen LogP contribution in [-0.4, -0.2) is 99.0 Å². The Balaban J connectivity index is 1.61. The number of hydrogen-bond acceptors (Lipinski definition) is 4. The summed E-state index contributed by atoms with van der Waals surface area (Å²) in [5, 5.41) is 16.3. The standard InChI is InChI=1S/C27H36N7O2/c1-2-13-32-14-11-28-26(32)30-22-7-3-5-9-24(22)34(17-20-36-21-18-34)25-10-6-4-8-23(25)31-27-29-12-15-33(27)16-19-35/h2-10,35H,1,11-21H2,(H,28,30)(H,29,31)/q+1. The van der Waals surface area contributed by atoms with E-state index >= 15 is 0 Å². The maximum atomic E-state index is 9.49. The van der Waals surface area contributed by atoms with Crippen LogP contribution in [0.15, 0.2) is 71.2 Å². The van der Waals surface area contributed by atoms with Gasteiger partial charge in [0.2, 0.25) is 0 Å². The molecule has 2 aromatic rings. The van der Waals surface area contributed by atoms with Gasteiger partial charge in [-0.3, -0.25) is 4.48 Å². The number of rotatable bonds is 8. The topological polar surface area (TPSA) is 84.7 Å². The van der Waals surface area contributed by atoms with Crippen molar-refractivity contribution >= 4 is 34.7 Å². The minimum atomic E-state index is 0.101. The molecule has 0 unspecified atom stereocenters. The van der Waals surface area contributed by atoms with Gasteiger partial charge in [-0.05, 0) is 12.1 Å². The summed E-state index contributed by atoms with van der Waals surface area (Å²) in [5.74, 6) is 1.70. The maximum absolute atomic E-state index is 9.49. The minimum Gasteiger partial charge on any atom is -0.395 e. The highest BCUT2D eigenvalue weighted by molar-refractivity contribution is 5.89. The van der Waals surface area contributed by atoms with Gasteiger partial charge in [-0.25, -0.2) is 9.98 Å². The van der Waals surface area contributed by atoms with Crippen molar-refractivity contribution in [1.29, 1.82) is 0 Å². The van der Waals surface area contributed by atoms with E-state index < -0.39 is 0 Å². The summed E-state index contributed by atoms with van der Waals surface area (Å²) in [7, 11) is 0. The monoisotopic (exact) mass is 490 g/mol. The second-order valence-corrected chi connectivity index (χ2v) is 9.17. The predicted molar refractivity (Wildman–Crippen MR) is 146 cm³/mol. The quantitative estimate of drug-likeness (QED) is 0.389. The Morgan fingerprint density at radius 2 is 1.44 bits per heavy atom. The third-order valence-corrected chi connectivity index (χ3v) is 7.02. The SMILES string of the molecule is C=CCN1CCNC1=Nc1ccccc1[N+]1(c2ccccc2N=C2NCCN2CCO)CCOCC1. The minimum absolute atomic E-state index is 0.101. The van der Waals surface area contributed by atoms with Gasteiger partial charge in [-0.15, -0.1) is 6.58 Å². The molecule has 3 aliphatic heterocycles. The third-order valence-electron chi connectivity index (χ3n) is 7.02. The molecule has 3 N–H and O–H groups in total. The van der Waals surface area contributed by atoms with Crippen molar-refractivity contribution in [3.63, 3.8) is 0 Å². The largest absolute Gasteiger partial charge is 0.395 e. The Morgan fingerprint density at radius 3 is 2.03 bits per heavy atom. The molecule has 36 heavy (non-hydrogen) atoms. The normalized spacial score (nSPS) is 21.6. The van der Waals surface area contributed by atoms with Gasteiger partial charge in [0.1, 0.15) is 24.5 Å². The molecule has 3 aliphatic rings. The number of hydrogen-bond donors (Lipinski definition) is 3. The first-order chi connectivity index (χ1) is 17.7. The van der Waals surface area contributed by atoms with Crippen molar-refractivity contribution in [2.75, 3.05) is 72.2 Å². The summed E-state index contributed by atoms with van der Waals surface area (Å²) in [6.45, 7) is 11.7. The van der Waals surface area contributed by atoms with Crippen LogP contribution >= 0.6 is 0 Å². The molecule has 0 bridgehead atoms. The molecule has 0 aliphatic carbocycles. The van der Waals surface area contributed by atoms with Crippen LogP contribution in [0, 0.1) is 0 Å². The second kappa shape index (κ2) is 11.1. The molecule has 2 aromatic carbocycles. The average Bonchev–Trinajstić information content (AvgIpc) is 3.55. The van der Waals surface area contributed by atoms with E-state index in [1.54, 1.807) is 0 Å². The van der Waals surface area contributed by atoms with Crippen molar-refractivity contribution < 1.29 is 9.84 Å². The Bertz CT molecular complexity index is 1130. The highest BCUT2D eigenvalue weighted by Gasteiger charge is 2.40. The number of aliphatic hydroxyl groups excluding tert-OH is 1. The zero-order chi connectivity index (χ0) is 24.8. The maximum Gasteiger partial charge on any atom is 0.199 e. The lowest BCUT2D eigenvalue weighted by atomic mass is 10.1. The molecule has 0 amide bonds. The van der Waals surface area contributed by atoms with Crippen LogP contribution in [0.3, 0.4) is 0 Å². The van der Waals surface area contributed by atoms with Crippen LogP contribution in [0.1, 0.15) is 0 Å². The molecule has 0 atom stereocenters. The molecule has 9 heteroatoms. The summed E-state index contributed by atoms with van der Waals surface area (Å²) in [6, 6.07) is 16.8. The van der Waals surface area contributed by atoms with Gasteiger partial charge < -0.3 is 30.3 Å². The van der Waals surface area contributed by atoms with Gasteiger partial charge in [-0.2, -0.15) is 0 Å². The number of para-hydroxylation sites is 4. The van der Waals surface area contributed by atoms with Gasteiger partial charge in [0.05, 0.1) is 19.8 Å². The van der Waals surface area contributed by atoms with Crippen LogP contribution in [0.25, 0.3) is 0 Å². The summed E-state index contributed by atoms with van der Waals surface area (Å²) >= 11 is 0. The van der Waals surface area contributed by atoms with E-state index in [-0.39, 0.29) is 6.61 Å². The van der Waals surface area contributed by atoms with E-state index in [2.05, 4.69) is 63.4 Å². The smallest absolute Gasteiger partial charge is 0.199 e. The van der Waals surface area contributed by atoms with Gasteiger partial charge in [0.25, 0.3) is 0 Å². The number of aliphatic imine (C=N–C) groups is 2. The summed E-state index contributed by atoms with van der Waals surface area (Å²) in [6.07, 6.45) is 1.91. The fraction of sp³-hybridized carbons (Fsp3) is 0.407. The highest BCUT2D eigenvalue weighted by atomic mass is 16.5. The molecule has 3 saturated heterocycles. The highest BCUT2D eigenvalue weighted by Crippen LogP contribution is 2.46. The molecule has 190 valence electrons. The first kappa shape index (κ1) is 24.3. The van der Waals surface area contributed by atoms with Gasteiger partial charge >= 0.3 is 0 Å². The van der Waals surface area contributed by atoms with Gasteiger partial charge in [-0.1, -0.05) is 30.3 Å². The lowest BCUT2D eigenvalue weighted by Crippen LogP contribution is -2.52. The molecule has 5 rings (SSSR count). The second-order valence-electron chi connectivity index (χ2n) is 9.17. The first-order valence-corrected chi connectivity index (χ1v) is 12.8. The van der Waals surface area contributed by atoms with E-state index in [0.29, 0.717) is 24.2 Å². The van der Waals surface area contributed by atoms with Crippen molar-refractivity contribution in [1.82, 2.24) is 24.9 Å². The lowest BCUT2D eigenvalue weighted by Gasteiger charge is -2.41. The summed E-state index contributed by atoms with van der Waals surface area (Å²) in [4.78, 5) is 14.5. The van der Waals surface area contributed by atoms with Crippen molar-refractivity contribution in [2.45, 2.75) is 0 Å².